The van der Waals surface area contributed by atoms with E-state index < -0.39 is 0 Å². The van der Waals surface area contributed by atoms with Gasteiger partial charge in [-0.15, -0.1) is 9.77 Å². The van der Waals surface area contributed by atoms with E-state index in [0.717, 1.165) is 12.3 Å². The molecule has 0 bridgehead atoms. The van der Waals surface area contributed by atoms with Gasteiger partial charge in [0.15, 0.2) is 5.84 Å². The number of nitrogens with zero attached hydrogens (tertiary/aromatic N) is 3. The Hall–Kier alpha value is -2.17. The number of nitrogens with one attached hydrogen (secondary N) is 2. The van der Waals surface area contributed by atoms with Crippen molar-refractivity contribution >= 4 is 5.84 Å². The van der Waals surface area contributed by atoms with Crippen molar-refractivity contribution in [1.82, 2.24) is 10.2 Å². The zero-order chi connectivity index (χ0) is 14.1. The highest BCUT2D eigenvalue weighted by Crippen LogP contribution is 2.38. The Kier molecular flexibility index (Phi) is 2.98. The number of fused-ring (bicyclic) bond motifs is 1. The van der Waals surface area contributed by atoms with Crippen molar-refractivity contribution in [3.8, 4) is 0 Å². The summed E-state index contributed by atoms with van der Waals surface area (Å²) in [7, 11) is 0. The van der Waals surface area contributed by atoms with E-state index in [1.54, 1.807) is 12.7 Å². The number of benzene rings is 1. The van der Waals surface area contributed by atoms with E-state index in [1.807, 2.05) is 4.68 Å². The van der Waals surface area contributed by atoms with E-state index in [0.29, 0.717) is 0 Å². The summed E-state index contributed by atoms with van der Waals surface area (Å²) in [6.45, 7) is 0. The number of amidine groups is 1. The number of rotatable bonds is 1. The standard InChI is InChI=1S/C16H19N5/c1-4-8-16(9-5-1)10-13-6-2-3-7-14(13)15(19-16)20-21-11-17-18-12-21/h2-3,6-7,11-12H,1,4-5,8-10H2,(H,19,20)/p+1. The predicted molar refractivity (Wildman–Crippen MR) is 80.6 cm³/mol. The molecular formula is C16H20N5+. The molecule has 1 aromatic carbocycles. The molecule has 2 N–H and O–H groups in total. The average molecular weight is 282 g/mol. The van der Waals surface area contributed by atoms with Gasteiger partial charge in [-0.1, -0.05) is 43.5 Å². The third-order valence-corrected chi connectivity index (χ3v) is 4.61. The van der Waals surface area contributed by atoms with Crippen molar-refractivity contribution in [2.75, 3.05) is 5.43 Å². The molecule has 21 heavy (non-hydrogen) atoms. The molecule has 1 fully saturated rings. The van der Waals surface area contributed by atoms with Crippen LogP contribution in [0.4, 0.5) is 0 Å². The van der Waals surface area contributed by atoms with E-state index >= 15 is 0 Å². The summed E-state index contributed by atoms with van der Waals surface area (Å²) in [6, 6.07) is 8.60. The summed E-state index contributed by atoms with van der Waals surface area (Å²) in [5, 5.41) is 6.78. The molecule has 2 aliphatic rings. The minimum Gasteiger partial charge on any atom is -0.259 e. The molecule has 1 aliphatic carbocycles. The second-order valence-electron chi connectivity index (χ2n) is 6.10. The molecule has 1 aromatic heterocycles. The molecule has 1 saturated carbocycles. The van der Waals surface area contributed by atoms with Gasteiger partial charge >= 0.3 is 0 Å². The first kappa shape index (κ1) is 12.6. The third kappa shape index (κ3) is 2.33. The van der Waals surface area contributed by atoms with Crippen LogP contribution in [0.5, 0.6) is 0 Å². The molecule has 0 amide bonds. The van der Waals surface area contributed by atoms with Crippen LogP contribution in [0.2, 0.25) is 0 Å². The summed E-state index contributed by atoms with van der Waals surface area (Å²) >= 11 is 0. The van der Waals surface area contributed by atoms with Crippen LogP contribution in [0.3, 0.4) is 0 Å². The summed E-state index contributed by atoms with van der Waals surface area (Å²) in [4.78, 5) is 5.13. The lowest BCUT2D eigenvalue weighted by molar-refractivity contribution is -0.640. The van der Waals surface area contributed by atoms with Gasteiger partial charge in [-0.25, -0.2) is 5.43 Å². The zero-order valence-electron chi connectivity index (χ0n) is 12.0. The Morgan fingerprint density at radius 1 is 1.14 bits per heavy atom. The van der Waals surface area contributed by atoms with Crippen LogP contribution in [0.1, 0.15) is 43.2 Å². The van der Waals surface area contributed by atoms with Gasteiger partial charge in [0.25, 0.3) is 6.33 Å². The molecule has 5 nitrogen and oxygen atoms in total. The molecule has 0 radical (unpaired) electrons. The lowest BCUT2D eigenvalue weighted by Crippen LogP contribution is -2.50. The second kappa shape index (κ2) is 4.98. The van der Waals surface area contributed by atoms with Gasteiger partial charge in [0.1, 0.15) is 0 Å². The minimum atomic E-state index is 0.0965. The smallest absolute Gasteiger partial charge is 0.259 e. The quantitative estimate of drug-likeness (QED) is 0.785. The van der Waals surface area contributed by atoms with Crippen molar-refractivity contribution in [2.45, 2.75) is 44.1 Å². The summed E-state index contributed by atoms with van der Waals surface area (Å²) < 4.78 is 1.82. The molecule has 4 rings (SSSR count). The van der Waals surface area contributed by atoms with Crippen molar-refractivity contribution in [3.05, 3.63) is 48.0 Å². The number of hydrogen-bond donors (Lipinski definition) is 2. The molecule has 2 aromatic rings. The summed E-state index contributed by atoms with van der Waals surface area (Å²) in [5.41, 5.74) is 6.07. The number of aromatic nitrogens is 3. The summed E-state index contributed by atoms with van der Waals surface area (Å²) in [6.07, 6.45) is 10.9. The van der Waals surface area contributed by atoms with Gasteiger partial charge in [0.05, 0.1) is 5.54 Å². The van der Waals surface area contributed by atoms with Crippen LogP contribution in [0.25, 0.3) is 0 Å². The largest absolute Gasteiger partial charge is 0.286 e. The molecule has 2 heterocycles. The van der Waals surface area contributed by atoms with Gasteiger partial charge < -0.3 is 0 Å². The first-order valence-electron chi connectivity index (χ1n) is 7.70. The Labute approximate surface area is 124 Å². The van der Waals surface area contributed by atoms with Crippen LogP contribution in [0.15, 0.2) is 41.9 Å². The third-order valence-electron chi connectivity index (χ3n) is 4.61. The Bertz CT molecular complexity index is 653. The maximum atomic E-state index is 5.13. The van der Waals surface area contributed by atoms with Gasteiger partial charge in [-0.3, -0.25) is 4.99 Å². The van der Waals surface area contributed by atoms with Crippen molar-refractivity contribution in [3.63, 3.8) is 0 Å². The highest BCUT2D eigenvalue weighted by atomic mass is 15.5. The fourth-order valence-corrected chi connectivity index (χ4v) is 3.59. The second-order valence-corrected chi connectivity index (χ2v) is 6.10. The predicted octanol–water partition coefficient (Wildman–Crippen LogP) is 1.95. The van der Waals surface area contributed by atoms with Crippen LogP contribution < -0.4 is 10.1 Å². The Morgan fingerprint density at radius 2 is 2.00 bits per heavy atom. The lowest BCUT2D eigenvalue weighted by atomic mass is 9.75. The zero-order valence-corrected chi connectivity index (χ0v) is 12.0. The van der Waals surface area contributed by atoms with Crippen LogP contribution in [-0.4, -0.2) is 21.6 Å². The number of H-pyrrole nitrogens is 1. The van der Waals surface area contributed by atoms with Crippen LogP contribution >= 0.6 is 0 Å². The highest BCUT2D eigenvalue weighted by molar-refractivity contribution is 6.05. The molecule has 1 aliphatic heterocycles. The Morgan fingerprint density at radius 3 is 2.81 bits per heavy atom. The Balaban J connectivity index is 1.75. The molecule has 0 unspecified atom stereocenters. The van der Waals surface area contributed by atoms with Crippen LogP contribution in [0, 0.1) is 0 Å². The lowest BCUT2D eigenvalue weighted by Gasteiger charge is -2.38. The first-order valence-corrected chi connectivity index (χ1v) is 7.70. The van der Waals surface area contributed by atoms with Crippen molar-refractivity contribution < 1.29 is 4.68 Å². The van der Waals surface area contributed by atoms with E-state index in [-0.39, 0.29) is 5.54 Å². The monoisotopic (exact) mass is 282 g/mol. The normalized spacial score (nSPS) is 19.9. The van der Waals surface area contributed by atoms with Gasteiger partial charge in [-0.05, 0) is 24.8 Å². The van der Waals surface area contributed by atoms with Crippen LogP contribution in [-0.2, 0) is 6.42 Å². The number of hydrogen-bond acceptors (Lipinski definition) is 3. The van der Waals surface area contributed by atoms with Crippen molar-refractivity contribution in [2.24, 2.45) is 4.99 Å². The van der Waals surface area contributed by atoms with Gasteiger partial charge in [-0.2, -0.15) is 0 Å². The van der Waals surface area contributed by atoms with Gasteiger partial charge in [0.2, 0.25) is 6.33 Å². The maximum absolute atomic E-state index is 5.13. The average Bonchev–Trinajstić information content (AvgIpc) is 3.01. The van der Waals surface area contributed by atoms with E-state index in [4.69, 9.17) is 4.99 Å². The van der Waals surface area contributed by atoms with E-state index in [1.165, 1.54) is 43.2 Å². The fraction of sp³-hybridized carbons (Fsp3) is 0.438. The van der Waals surface area contributed by atoms with Gasteiger partial charge in [0, 0.05) is 10.7 Å². The number of aliphatic imine (C=N–C) groups is 1. The minimum absolute atomic E-state index is 0.0965. The fourth-order valence-electron chi connectivity index (χ4n) is 3.59. The SMILES string of the molecule is c1ccc2c(c1)CC1(CCCCC1)N=C2N[n+]1cn[nH]c1. The highest BCUT2D eigenvalue weighted by Gasteiger charge is 2.36. The van der Waals surface area contributed by atoms with E-state index in [2.05, 4.69) is 39.9 Å². The molecular weight excluding hydrogens is 262 g/mol. The molecule has 108 valence electrons. The first-order chi connectivity index (χ1) is 10.3. The topological polar surface area (TPSA) is 56.9 Å². The molecule has 0 atom stereocenters. The maximum Gasteiger partial charge on any atom is 0.286 e. The summed E-state index contributed by atoms with van der Waals surface area (Å²) in [5.74, 6) is 0.963. The molecule has 0 saturated heterocycles. The molecule has 1 spiro atoms. The van der Waals surface area contributed by atoms with Crippen molar-refractivity contribution in [1.29, 1.82) is 0 Å². The van der Waals surface area contributed by atoms with E-state index in [9.17, 15) is 0 Å². The molecule has 5 heteroatoms. The number of aromatic amines is 1.